The van der Waals surface area contributed by atoms with E-state index in [1.54, 1.807) is 49.6 Å². The zero-order valence-electron chi connectivity index (χ0n) is 17.7. The van der Waals surface area contributed by atoms with Crippen molar-refractivity contribution in [3.05, 3.63) is 70.8 Å². The Hall–Kier alpha value is -3.54. The van der Waals surface area contributed by atoms with Crippen LogP contribution >= 0.6 is 0 Å². The van der Waals surface area contributed by atoms with Crippen molar-refractivity contribution in [3.63, 3.8) is 0 Å². The second-order valence-electron chi connectivity index (χ2n) is 7.26. The van der Waals surface area contributed by atoms with Crippen LogP contribution in [0.5, 0.6) is 11.5 Å². The van der Waals surface area contributed by atoms with Gasteiger partial charge in [0.2, 0.25) is 0 Å². The molecule has 162 valence electrons. The van der Waals surface area contributed by atoms with Crippen molar-refractivity contribution < 1.29 is 28.9 Å². The molecule has 0 aromatic heterocycles. The fourth-order valence-corrected chi connectivity index (χ4v) is 3.55. The fraction of sp³-hybridized carbons (Fsp3) is 0.280. The van der Waals surface area contributed by atoms with E-state index in [0.29, 0.717) is 22.6 Å². The second-order valence-corrected chi connectivity index (χ2v) is 7.26. The zero-order chi connectivity index (χ0) is 22.2. The van der Waals surface area contributed by atoms with Gasteiger partial charge in [-0.05, 0) is 61.1 Å². The summed E-state index contributed by atoms with van der Waals surface area (Å²) in [5, 5.41) is 9.77. The Morgan fingerprint density at radius 2 is 1.58 bits per heavy atom. The first kappa shape index (κ1) is 22.2. The summed E-state index contributed by atoms with van der Waals surface area (Å²) in [6.45, 7) is 0. The zero-order valence-corrected chi connectivity index (χ0v) is 17.7. The molecule has 0 amide bonds. The van der Waals surface area contributed by atoms with Gasteiger partial charge in [0.1, 0.15) is 0 Å². The third-order valence-electron chi connectivity index (χ3n) is 5.13. The third-order valence-corrected chi connectivity index (χ3v) is 5.13. The molecular weight excluding hydrogens is 396 g/mol. The summed E-state index contributed by atoms with van der Waals surface area (Å²) in [6.07, 6.45) is 7.45. The number of carbonyl (C=O) groups is 2. The standard InChI is InChI=1S/C25H26O6/c1-29-23-16-18(12-13-22(23)31-19-10-6-7-11-19)15-21(25(28)30-2)20(24(26)27)14-17-8-4-3-5-9-17/h3-5,8-9,12-16,19H,6-7,10-11H2,1-2H3,(H,26,27). The molecule has 0 atom stereocenters. The average molecular weight is 422 g/mol. The van der Waals surface area contributed by atoms with Crippen LogP contribution in [-0.4, -0.2) is 37.4 Å². The average Bonchev–Trinajstić information content (AvgIpc) is 3.30. The molecule has 0 aliphatic heterocycles. The van der Waals surface area contributed by atoms with E-state index in [1.165, 1.54) is 19.3 Å². The Labute approximate surface area is 181 Å². The Balaban J connectivity index is 1.99. The second kappa shape index (κ2) is 10.5. The number of benzene rings is 2. The monoisotopic (exact) mass is 422 g/mol. The molecule has 3 rings (SSSR count). The smallest absolute Gasteiger partial charge is 0.338 e. The molecule has 1 aliphatic carbocycles. The first-order valence-electron chi connectivity index (χ1n) is 10.2. The van der Waals surface area contributed by atoms with E-state index in [4.69, 9.17) is 14.2 Å². The number of rotatable bonds is 8. The van der Waals surface area contributed by atoms with E-state index in [1.807, 2.05) is 6.07 Å². The molecule has 6 nitrogen and oxygen atoms in total. The first-order valence-corrected chi connectivity index (χ1v) is 10.2. The van der Waals surface area contributed by atoms with Gasteiger partial charge in [0.25, 0.3) is 0 Å². The molecule has 0 radical (unpaired) electrons. The molecule has 0 spiro atoms. The topological polar surface area (TPSA) is 82.1 Å². The van der Waals surface area contributed by atoms with Crippen molar-refractivity contribution in [3.8, 4) is 11.5 Å². The molecule has 2 aromatic rings. The molecule has 0 unspecified atom stereocenters. The molecule has 1 fully saturated rings. The van der Waals surface area contributed by atoms with Gasteiger partial charge in [-0.2, -0.15) is 0 Å². The first-order chi connectivity index (χ1) is 15.0. The number of carbonyl (C=O) groups excluding carboxylic acids is 1. The van der Waals surface area contributed by atoms with Gasteiger partial charge in [-0.1, -0.05) is 36.4 Å². The summed E-state index contributed by atoms with van der Waals surface area (Å²) in [5.74, 6) is -0.818. The van der Waals surface area contributed by atoms with Crippen LogP contribution in [0.15, 0.2) is 59.7 Å². The highest BCUT2D eigenvalue weighted by atomic mass is 16.5. The highest BCUT2D eigenvalue weighted by molar-refractivity contribution is 6.12. The number of hydrogen-bond donors (Lipinski definition) is 1. The highest BCUT2D eigenvalue weighted by Gasteiger charge is 2.22. The van der Waals surface area contributed by atoms with Gasteiger partial charge in [-0.15, -0.1) is 0 Å². The minimum absolute atomic E-state index is 0.0645. The van der Waals surface area contributed by atoms with E-state index in [9.17, 15) is 14.7 Å². The SMILES string of the molecule is COC(=O)C(=Cc1ccc(OC2CCCC2)c(OC)c1)C(=Cc1ccccc1)C(=O)O. The maximum absolute atomic E-state index is 12.5. The van der Waals surface area contributed by atoms with E-state index < -0.39 is 11.9 Å². The van der Waals surface area contributed by atoms with Gasteiger partial charge in [0.15, 0.2) is 11.5 Å². The van der Waals surface area contributed by atoms with Gasteiger partial charge >= 0.3 is 11.9 Å². The molecule has 31 heavy (non-hydrogen) atoms. The normalized spacial score (nSPS) is 14.9. The summed E-state index contributed by atoms with van der Waals surface area (Å²) in [5.41, 5.74) is 1.03. The predicted octanol–water partition coefficient (Wildman–Crippen LogP) is 4.74. The molecule has 0 heterocycles. The summed E-state index contributed by atoms with van der Waals surface area (Å²) >= 11 is 0. The number of esters is 1. The lowest BCUT2D eigenvalue weighted by Crippen LogP contribution is -2.13. The van der Waals surface area contributed by atoms with Crippen LogP contribution in [0.25, 0.3) is 12.2 Å². The van der Waals surface area contributed by atoms with Crippen molar-refractivity contribution in [1.82, 2.24) is 0 Å². The quantitative estimate of drug-likeness (QED) is 0.376. The summed E-state index contributed by atoms with van der Waals surface area (Å²) in [6, 6.07) is 14.2. The van der Waals surface area contributed by atoms with Crippen molar-refractivity contribution in [2.24, 2.45) is 0 Å². The number of aliphatic carboxylic acids is 1. The predicted molar refractivity (Wildman–Crippen MR) is 118 cm³/mol. The number of carboxylic acid groups (broad SMARTS) is 1. The van der Waals surface area contributed by atoms with Gasteiger partial charge in [-0.25, -0.2) is 9.59 Å². The molecule has 0 saturated heterocycles. The molecule has 1 N–H and O–H groups in total. The molecule has 1 saturated carbocycles. The van der Waals surface area contributed by atoms with Crippen molar-refractivity contribution in [1.29, 1.82) is 0 Å². The highest BCUT2D eigenvalue weighted by Crippen LogP contribution is 2.33. The maximum Gasteiger partial charge on any atom is 0.338 e. The fourth-order valence-electron chi connectivity index (χ4n) is 3.55. The van der Waals surface area contributed by atoms with Crippen LogP contribution in [0, 0.1) is 0 Å². The molecule has 1 aliphatic rings. The van der Waals surface area contributed by atoms with Crippen molar-refractivity contribution >= 4 is 24.1 Å². The summed E-state index contributed by atoms with van der Waals surface area (Å²) in [7, 11) is 2.76. The summed E-state index contributed by atoms with van der Waals surface area (Å²) < 4.78 is 16.4. The third kappa shape index (κ3) is 5.75. The minimum Gasteiger partial charge on any atom is -0.493 e. The van der Waals surface area contributed by atoms with E-state index in [0.717, 1.165) is 25.7 Å². The summed E-state index contributed by atoms with van der Waals surface area (Å²) in [4.78, 5) is 24.4. The number of methoxy groups -OCH3 is 2. The number of ether oxygens (including phenoxy) is 3. The van der Waals surface area contributed by atoms with Gasteiger partial charge in [-0.3, -0.25) is 0 Å². The van der Waals surface area contributed by atoms with E-state index >= 15 is 0 Å². The largest absolute Gasteiger partial charge is 0.493 e. The number of hydrogen-bond acceptors (Lipinski definition) is 5. The van der Waals surface area contributed by atoms with Gasteiger partial charge in [0, 0.05) is 0 Å². The van der Waals surface area contributed by atoms with Crippen molar-refractivity contribution in [2.75, 3.05) is 14.2 Å². The van der Waals surface area contributed by atoms with E-state index in [-0.39, 0.29) is 17.3 Å². The molecular formula is C25H26O6. The van der Waals surface area contributed by atoms with Crippen LogP contribution in [0.2, 0.25) is 0 Å². The lowest BCUT2D eigenvalue weighted by atomic mass is 10.00. The van der Waals surface area contributed by atoms with Gasteiger partial charge in [0.05, 0.1) is 31.5 Å². The van der Waals surface area contributed by atoms with Crippen molar-refractivity contribution in [2.45, 2.75) is 31.8 Å². The Morgan fingerprint density at radius 3 is 2.19 bits per heavy atom. The Bertz CT molecular complexity index is 984. The van der Waals surface area contributed by atoms with Crippen LogP contribution in [0.1, 0.15) is 36.8 Å². The Morgan fingerprint density at radius 1 is 0.903 bits per heavy atom. The van der Waals surface area contributed by atoms with Crippen LogP contribution in [0.4, 0.5) is 0 Å². The Kier molecular flexibility index (Phi) is 7.49. The van der Waals surface area contributed by atoms with Gasteiger partial charge < -0.3 is 19.3 Å². The van der Waals surface area contributed by atoms with Crippen LogP contribution in [0.3, 0.4) is 0 Å². The van der Waals surface area contributed by atoms with Crippen LogP contribution in [-0.2, 0) is 14.3 Å². The lowest BCUT2D eigenvalue weighted by Gasteiger charge is -2.16. The van der Waals surface area contributed by atoms with E-state index in [2.05, 4.69) is 0 Å². The minimum atomic E-state index is -1.23. The lowest BCUT2D eigenvalue weighted by molar-refractivity contribution is -0.138. The van der Waals surface area contributed by atoms with Crippen LogP contribution < -0.4 is 9.47 Å². The molecule has 2 aromatic carbocycles. The molecule has 0 bridgehead atoms. The molecule has 6 heteroatoms. The maximum atomic E-state index is 12.5. The number of carboxylic acids is 1.